The third kappa shape index (κ3) is 4.24. The van der Waals surface area contributed by atoms with E-state index < -0.39 is 0 Å². The predicted molar refractivity (Wildman–Crippen MR) is 146 cm³/mol. The van der Waals surface area contributed by atoms with Crippen LogP contribution in [-0.2, 0) is 22.5 Å². The van der Waals surface area contributed by atoms with Crippen molar-refractivity contribution in [3.8, 4) is 11.4 Å². The van der Waals surface area contributed by atoms with Gasteiger partial charge < -0.3 is 19.0 Å². The number of anilines is 1. The second-order valence-corrected chi connectivity index (χ2v) is 10.2. The Hall–Kier alpha value is -3.89. The zero-order valence-corrected chi connectivity index (χ0v) is 21.8. The fraction of sp³-hybridized carbons (Fsp3) is 0.379. The number of carbonyl (C=O) groups is 1. The lowest BCUT2D eigenvalue weighted by atomic mass is 10.0. The van der Waals surface area contributed by atoms with Crippen LogP contribution in [0.5, 0.6) is 0 Å². The summed E-state index contributed by atoms with van der Waals surface area (Å²) in [6, 6.07) is 5.34. The van der Waals surface area contributed by atoms with Crippen molar-refractivity contribution in [1.29, 1.82) is 0 Å². The number of likely N-dealkylation sites (N-methyl/N-ethyl adjacent to an activating group) is 1. The average Bonchev–Trinajstić information content (AvgIpc) is 3.58. The first-order chi connectivity index (χ1) is 19.1. The summed E-state index contributed by atoms with van der Waals surface area (Å²) in [6.45, 7) is 7.69. The van der Waals surface area contributed by atoms with Gasteiger partial charge in [0.2, 0.25) is 11.6 Å². The van der Waals surface area contributed by atoms with Gasteiger partial charge in [0.25, 0.3) is 0 Å². The molecule has 0 atom stereocenters. The van der Waals surface area contributed by atoms with Gasteiger partial charge >= 0.3 is 0 Å². The summed E-state index contributed by atoms with van der Waals surface area (Å²) in [7, 11) is 0. The normalized spacial score (nSPS) is 18.1. The molecule has 0 saturated carbocycles. The molecule has 1 aromatic carbocycles. The number of ether oxygens (including phenoxy) is 1. The number of fused-ring (bicyclic) bond motifs is 4. The first-order valence-electron chi connectivity index (χ1n) is 13.5. The second-order valence-electron chi connectivity index (χ2n) is 10.2. The quantitative estimate of drug-likeness (QED) is 0.388. The van der Waals surface area contributed by atoms with Crippen molar-refractivity contribution in [1.82, 2.24) is 24.8 Å². The highest BCUT2D eigenvalue weighted by atomic mass is 19.1. The topological polar surface area (TPSA) is 87.8 Å². The average molecular weight is 529 g/mol. The molecule has 0 bridgehead atoms. The predicted octanol–water partition coefficient (Wildman–Crippen LogP) is 3.65. The zero-order chi connectivity index (χ0) is 26.5. The number of aromatic nitrogens is 3. The largest absolute Gasteiger partial charge is 0.432 e. The minimum absolute atomic E-state index is 0.144. The van der Waals surface area contributed by atoms with Crippen LogP contribution in [0.25, 0.3) is 39.7 Å². The maximum Gasteiger partial charge on any atom is 0.236 e. The Morgan fingerprint density at radius 1 is 1.10 bits per heavy atom. The van der Waals surface area contributed by atoms with Crippen LogP contribution in [0, 0.1) is 5.82 Å². The van der Waals surface area contributed by atoms with E-state index in [1.54, 1.807) is 6.20 Å². The van der Waals surface area contributed by atoms with E-state index >= 15 is 4.39 Å². The van der Waals surface area contributed by atoms with Crippen LogP contribution in [-0.4, -0.2) is 83.1 Å². The molecule has 1 aliphatic carbocycles. The fourth-order valence-corrected chi connectivity index (χ4v) is 5.77. The van der Waals surface area contributed by atoms with Gasteiger partial charge in [-0.1, -0.05) is 18.2 Å². The number of morpholine rings is 1. The molecule has 2 saturated heterocycles. The number of piperazine rings is 1. The molecule has 200 valence electrons. The molecule has 0 N–H and O–H groups in total. The number of rotatable bonds is 5. The fourth-order valence-electron chi connectivity index (χ4n) is 5.77. The van der Waals surface area contributed by atoms with Crippen molar-refractivity contribution in [2.75, 3.05) is 57.4 Å². The number of furan rings is 1. The molecule has 5 heterocycles. The highest BCUT2D eigenvalue weighted by Gasteiger charge is 2.27. The number of nitrogens with zero attached hydrogens (tertiary/aromatic N) is 6. The number of amides is 1. The minimum Gasteiger partial charge on any atom is -0.432 e. The lowest BCUT2D eigenvalue weighted by molar-refractivity contribution is -0.135. The van der Waals surface area contributed by atoms with E-state index in [9.17, 15) is 4.79 Å². The molecule has 0 unspecified atom stereocenters. The Balaban J connectivity index is 1.35. The highest BCUT2D eigenvalue weighted by Crippen LogP contribution is 2.38. The SMILES string of the molecule is CCN1CCN(Cc2cnc3oc4c(N5CCOCC5)nc(-c5c(F)ccc6c5C=CC6)nc4c3c2)CC1=O. The number of halogens is 1. The third-order valence-electron chi connectivity index (χ3n) is 7.84. The number of pyridine rings is 1. The number of hydrogen-bond acceptors (Lipinski definition) is 8. The standard InChI is InChI=1S/C29H29FN6O3/c1-2-35-9-8-34(17-23(35)37)16-18-14-21-25-26(39-29(21)31-15-18)28(36-10-12-38-13-11-36)33-27(32-25)24-20-5-3-4-19(20)6-7-22(24)30/h3,5-7,14-15H,2,4,8-13,16-17H2,1H3. The smallest absolute Gasteiger partial charge is 0.236 e. The van der Waals surface area contributed by atoms with Gasteiger partial charge in [0.1, 0.15) is 11.3 Å². The van der Waals surface area contributed by atoms with Crippen molar-refractivity contribution in [2.24, 2.45) is 0 Å². The van der Waals surface area contributed by atoms with E-state index in [0.717, 1.165) is 48.1 Å². The van der Waals surface area contributed by atoms with E-state index in [0.29, 0.717) is 73.4 Å². The maximum absolute atomic E-state index is 15.3. The monoisotopic (exact) mass is 528 g/mol. The molecule has 2 fully saturated rings. The van der Waals surface area contributed by atoms with Crippen LogP contribution in [0.15, 0.2) is 34.9 Å². The maximum atomic E-state index is 15.3. The van der Waals surface area contributed by atoms with Gasteiger partial charge in [-0.2, -0.15) is 0 Å². The van der Waals surface area contributed by atoms with Gasteiger partial charge in [-0.25, -0.2) is 19.3 Å². The first-order valence-corrected chi connectivity index (χ1v) is 13.5. The molecular formula is C29H29FN6O3. The molecule has 0 spiro atoms. The molecule has 3 aromatic heterocycles. The highest BCUT2D eigenvalue weighted by molar-refractivity contribution is 6.05. The lowest BCUT2D eigenvalue weighted by Crippen LogP contribution is -2.49. The first kappa shape index (κ1) is 24.2. The minimum atomic E-state index is -0.352. The molecule has 1 amide bonds. The van der Waals surface area contributed by atoms with Crippen LogP contribution in [0.2, 0.25) is 0 Å². The molecule has 0 radical (unpaired) electrons. The zero-order valence-electron chi connectivity index (χ0n) is 21.8. The number of benzene rings is 1. The molecular weight excluding hydrogens is 499 g/mol. The Labute approximate surface area is 224 Å². The Morgan fingerprint density at radius 2 is 1.97 bits per heavy atom. The Bertz CT molecular complexity index is 1630. The van der Waals surface area contributed by atoms with Crippen LogP contribution >= 0.6 is 0 Å². The molecule has 39 heavy (non-hydrogen) atoms. The van der Waals surface area contributed by atoms with Gasteiger partial charge in [0.05, 0.1) is 30.7 Å². The summed E-state index contributed by atoms with van der Waals surface area (Å²) in [5.41, 5.74) is 4.85. The second kappa shape index (κ2) is 9.69. The van der Waals surface area contributed by atoms with Gasteiger partial charge in [-0.15, -0.1) is 0 Å². The van der Waals surface area contributed by atoms with Crippen LogP contribution in [0.1, 0.15) is 23.6 Å². The van der Waals surface area contributed by atoms with Crippen LogP contribution in [0.3, 0.4) is 0 Å². The summed E-state index contributed by atoms with van der Waals surface area (Å²) in [4.78, 5) is 32.9. The Morgan fingerprint density at radius 3 is 2.79 bits per heavy atom. The molecule has 4 aromatic rings. The van der Waals surface area contributed by atoms with E-state index in [1.165, 1.54) is 6.07 Å². The van der Waals surface area contributed by atoms with Crippen molar-refractivity contribution in [2.45, 2.75) is 19.9 Å². The van der Waals surface area contributed by atoms with Gasteiger partial charge in [-0.05, 0) is 42.2 Å². The Kier molecular flexibility index (Phi) is 6.01. The summed E-state index contributed by atoms with van der Waals surface area (Å²) >= 11 is 0. The van der Waals surface area contributed by atoms with E-state index in [2.05, 4.69) is 14.8 Å². The van der Waals surface area contributed by atoms with Gasteiger partial charge in [0, 0.05) is 45.5 Å². The summed E-state index contributed by atoms with van der Waals surface area (Å²) < 4.78 is 27.1. The van der Waals surface area contributed by atoms with Crippen molar-refractivity contribution in [3.05, 3.63) is 53.0 Å². The molecule has 7 rings (SSSR count). The molecule has 9 nitrogen and oxygen atoms in total. The molecule has 10 heteroatoms. The third-order valence-corrected chi connectivity index (χ3v) is 7.84. The number of allylic oxidation sites excluding steroid dienone is 1. The number of carbonyl (C=O) groups excluding carboxylic acids is 1. The van der Waals surface area contributed by atoms with Crippen molar-refractivity contribution >= 4 is 40.0 Å². The number of hydrogen-bond donors (Lipinski definition) is 0. The van der Waals surface area contributed by atoms with Crippen molar-refractivity contribution in [3.63, 3.8) is 0 Å². The van der Waals surface area contributed by atoms with E-state index in [4.69, 9.17) is 19.1 Å². The lowest BCUT2D eigenvalue weighted by Gasteiger charge is -2.33. The molecule has 2 aliphatic heterocycles. The summed E-state index contributed by atoms with van der Waals surface area (Å²) in [5, 5.41) is 0.753. The summed E-state index contributed by atoms with van der Waals surface area (Å²) in [6.07, 6.45) is 6.53. The van der Waals surface area contributed by atoms with Crippen LogP contribution < -0.4 is 4.90 Å². The van der Waals surface area contributed by atoms with Crippen molar-refractivity contribution < 1.29 is 18.3 Å². The summed E-state index contributed by atoms with van der Waals surface area (Å²) in [5.74, 6) is 0.748. The van der Waals surface area contributed by atoms with E-state index in [-0.39, 0.29) is 11.7 Å². The van der Waals surface area contributed by atoms with Crippen LogP contribution in [0.4, 0.5) is 10.2 Å². The molecule has 3 aliphatic rings. The van der Waals surface area contributed by atoms with Gasteiger partial charge in [0.15, 0.2) is 17.2 Å². The van der Waals surface area contributed by atoms with E-state index in [1.807, 2.05) is 36.1 Å². The van der Waals surface area contributed by atoms with Gasteiger partial charge in [-0.3, -0.25) is 9.69 Å².